The molecule has 1 amide bonds. The first-order valence-corrected chi connectivity index (χ1v) is 15.0. The number of pyridine rings is 1. The van der Waals surface area contributed by atoms with Gasteiger partial charge in [0.05, 0.1) is 61.3 Å². The fourth-order valence-electron chi connectivity index (χ4n) is 5.33. The molecule has 12 nitrogen and oxygen atoms in total. The van der Waals surface area contributed by atoms with E-state index in [1.807, 2.05) is 0 Å². The van der Waals surface area contributed by atoms with Crippen molar-refractivity contribution < 1.29 is 60.4 Å². The van der Waals surface area contributed by atoms with Crippen molar-refractivity contribution >= 4 is 23.7 Å². The van der Waals surface area contributed by atoms with Crippen molar-refractivity contribution in [3.05, 3.63) is 65.1 Å². The molecule has 1 aliphatic heterocycles. The summed E-state index contributed by atoms with van der Waals surface area (Å²) >= 11 is 0. The van der Waals surface area contributed by atoms with Crippen molar-refractivity contribution in [1.29, 1.82) is 0 Å². The van der Waals surface area contributed by atoms with Crippen molar-refractivity contribution in [2.24, 2.45) is 0 Å². The van der Waals surface area contributed by atoms with Gasteiger partial charge in [-0.1, -0.05) is 6.92 Å². The number of carboxylic acids is 1. The topological polar surface area (TPSA) is 147 Å². The summed E-state index contributed by atoms with van der Waals surface area (Å²) in [4.78, 5) is 40.1. The van der Waals surface area contributed by atoms with Gasteiger partial charge in [0.2, 0.25) is 11.8 Å². The summed E-state index contributed by atoms with van der Waals surface area (Å²) < 4.78 is 98.8. The van der Waals surface area contributed by atoms with Gasteiger partial charge in [-0.2, -0.15) is 26.3 Å². The number of halogens is 6. The molecule has 4 rings (SSSR count). The van der Waals surface area contributed by atoms with E-state index < -0.39 is 54.2 Å². The Morgan fingerprint density at radius 1 is 1.02 bits per heavy atom. The van der Waals surface area contributed by atoms with Gasteiger partial charge in [-0.15, -0.1) is 0 Å². The van der Waals surface area contributed by atoms with Crippen LogP contribution in [-0.2, 0) is 28.4 Å². The molecule has 266 valence electrons. The number of aliphatic hydroxyl groups excluding tert-OH is 1. The SMILES string of the molecule is CC[C@@H]1CC(N(Cc2cc(C(F)(F)F)cc(C(F)(F)F)c2)c2ncc(OCCO)cn2)c2nc(OC)ccc2N1C(=O)OCCCC(=O)O. The van der Waals surface area contributed by atoms with Crippen molar-refractivity contribution in [1.82, 2.24) is 15.0 Å². The zero-order valence-electron chi connectivity index (χ0n) is 26.3. The van der Waals surface area contributed by atoms with Gasteiger partial charge in [0.25, 0.3) is 0 Å². The number of aliphatic carboxylic acids is 1. The first-order chi connectivity index (χ1) is 23.2. The molecule has 1 aliphatic rings. The first-order valence-electron chi connectivity index (χ1n) is 15.0. The number of carboxylic acid groups (broad SMARTS) is 1. The summed E-state index contributed by atoms with van der Waals surface area (Å²) in [6.07, 6.45) is -8.30. The molecule has 0 spiro atoms. The number of anilines is 2. The quantitative estimate of drug-likeness (QED) is 0.159. The Balaban J connectivity index is 1.85. The molecule has 0 saturated heterocycles. The largest absolute Gasteiger partial charge is 0.488 e. The number of alkyl halides is 6. The standard InChI is InChI=1S/C31H33F6N5O7/c1-3-21-14-24(27-23(6-7-25(40-27)47-2)42(21)29(46)49-9-4-5-26(44)45)41(28-38-15-22(16-39-28)48-10-8-43)17-18-11-19(30(32,33)34)13-20(12-18)31(35,36)37/h6-7,11-13,15-16,21,24,43H,3-5,8-10,14,17H2,1-2H3,(H,44,45)/t21-,24?/m1/s1. The fraction of sp³-hybridized carbons (Fsp3) is 0.452. The highest BCUT2D eigenvalue weighted by Crippen LogP contribution is 2.44. The van der Waals surface area contributed by atoms with E-state index in [2.05, 4.69) is 15.0 Å². The fourth-order valence-corrected chi connectivity index (χ4v) is 5.33. The molecule has 3 heterocycles. The molecule has 2 aromatic heterocycles. The summed E-state index contributed by atoms with van der Waals surface area (Å²) in [6.45, 7) is 0.626. The minimum absolute atomic E-state index is 0.0347. The summed E-state index contributed by atoms with van der Waals surface area (Å²) in [6, 6.07) is 2.69. The number of benzene rings is 1. The average Bonchev–Trinajstić information content (AvgIpc) is 3.06. The number of rotatable bonds is 13. The van der Waals surface area contributed by atoms with Crippen LogP contribution < -0.4 is 19.3 Å². The molecule has 2 atom stereocenters. The third kappa shape index (κ3) is 9.18. The normalized spacial score (nSPS) is 16.1. The van der Waals surface area contributed by atoms with E-state index in [0.29, 0.717) is 18.6 Å². The molecule has 0 aliphatic carbocycles. The number of amides is 1. The van der Waals surface area contributed by atoms with E-state index in [4.69, 9.17) is 24.4 Å². The van der Waals surface area contributed by atoms with E-state index in [-0.39, 0.29) is 79.7 Å². The molecule has 2 N–H and O–H groups in total. The monoisotopic (exact) mass is 701 g/mol. The minimum atomic E-state index is -5.09. The number of ether oxygens (including phenoxy) is 3. The number of carbonyl (C=O) groups is 2. The predicted molar refractivity (Wildman–Crippen MR) is 160 cm³/mol. The number of carbonyl (C=O) groups excluding carboxylic acids is 1. The Morgan fingerprint density at radius 3 is 2.22 bits per heavy atom. The Kier molecular flexibility index (Phi) is 11.7. The summed E-state index contributed by atoms with van der Waals surface area (Å²) in [5.41, 5.74) is -2.97. The second-order valence-electron chi connectivity index (χ2n) is 10.9. The molecule has 0 radical (unpaired) electrons. The zero-order valence-corrected chi connectivity index (χ0v) is 26.3. The van der Waals surface area contributed by atoms with Gasteiger partial charge in [0, 0.05) is 25.1 Å². The van der Waals surface area contributed by atoms with Gasteiger partial charge >= 0.3 is 24.4 Å². The number of nitrogens with zero attached hydrogens (tertiary/aromatic N) is 5. The Hall–Kier alpha value is -4.87. The highest BCUT2D eigenvalue weighted by atomic mass is 19.4. The first kappa shape index (κ1) is 37.0. The third-order valence-corrected chi connectivity index (χ3v) is 7.56. The Morgan fingerprint density at radius 2 is 1.67 bits per heavy atom. The van der Waals surface area contributed by atoms with Crippen LogP contribution in [0, 0.1) is 0 Å². The molecule has 1 aromatic carbocycles. The molecule has 0 saturated carbocycles. The summed E-state index contributed by atoms with van der Waals surface area (Å²) in [5.74, 6) is -0.936. The number of hydrogen-bond acceptors (Lipinski definition) is 10. The maximum Gasteiger partial charge on any atom is 0.416 e. The molecule has 18 heteroatoms. The second-order valence-corrected chi connectivity index (χ2v) is 10.9. The highest BCUT2D eigenvalue weighted by molar-refractivity contribution is 5.90. The van der Waals surface area contributed by atoms with E-state index in [1.165, 1.54) is 41.4 Å². The maximum atomic E-state index is 13.8. The van der Waals surface area contributed by atoms with Crippen LogP contribution in [0.4, 0.5) is 42.8 Å². The van der Waals surface area contributed by atoms with Crippen LogP contribution in [0.5, 0.6) is 11.6 Å². The average molecular weight is 702 g/mol. The van der Waals surface area contributed by atoms with Gasteiger partial charge < -0.3 is 29.3 Å². The Labute approximate surface area is 276 Å². The maximum absolute atomic E-state index is 13.8. The number of methoxy groups -OCH3 is 1. The predicted octanol–water partition coefficient (Wildman–Crippen LogP) is 6.03. The van der Waals surface area contributed by atoms with Gasteiger partial charge in [-0.25, -0.2) is 19.7 Å². The highest BCUT2D eigenvalue weighted by Gasteiger charge is 2.42. The van der Waals surface area contributed by atoms with Crippen molar-refractivity contribution in [2.45, 2.75) is 63.6 Å². The van der Waals surface area contributed by atoms with Crippen LogP contribution in [0.1, 0.15) is 61.0 Å². The number of aliphatic hydroxyl groups is 1. The molecule has 1 unspecified atom stereocenters. The summed E-state index contributed by atoms with van der Waals surface area (Å²) in [5, 5.41) is 18.0. The number of hydrogen-bond donors (Lipinski definition) is 2. The van der Waals surface area contributed by atoms with Crippen LogP contribution >= 0.6 is 0 Å². The van der Waals surface area contributed by atoms with Gasteiger partial charge in [0.1, 0.15) is 6.61 Å². The van der Waals surface area contributed by atoms with Crippen LogP contribution in [0.25, 0.3) is 0 Å². The van der Waals surface area contributed by atoms with Crippen LogP contribution in [-0.4, -0.2) is 70.2 Å². The molecular weight excluding hydrogens is 668 g/mol. The molecule has 3 aromatic rings. The lowest BCUT2D eigenvalue weighted by Gasteiger charge is -2.43. The lowest BCUT2D eigenvalue weighted by molar-refractivity contribution is -0.143. The van der Waals surface area contributed by atoms with E-state index in [0.717, 1.165) is 0 Å². The van der Waals surface area contributed by atoms with Crippen molar-refractivity contribution in [3.63, 3.8) is 0 Å². The van der Waals surface area contributed by atoms with Crippen LogP contribution in [0.2, 0.25) is 0 Å². The van der Waals surface area contributed by atoms with Gasteiger partial charge in [0.15, 0.2) is 5.75 Å². The van der Waals surface area contributed by atoms with Crippen molar-refractivity contribution in [2.75, 3.05) is 36.7 Å². The van der Waals surface area contributed by atoms with Gasteiger partial charge in [-0.3, -0.25) is 9.69 Å². The van der Waals surface area contributed by atoms with E-state index in [9.17, 15) is 35.9 Å². The van der Waals surface area contributed by atoms with Crippen LogP contribution in [0.3, 0.4) is 0 Å². The lowest BCUT2D eigenvalue weighted by Crippen LogP contribution is -2.48. The third-order valence-electron chi connectivity index (χ3n) is 7.56. The lowest BCUT2D eigenvalue weighted by atomic mass is 9.92. The van der Waals surface area contributed by atoms with Crippen LogP contribution in [0.15, 0.2) is 42.7 Å². The second kappa shape index (κ2) is 15.6. The smallest absolute Gasteiger partial charge is 0.416 e. The molecule has 0 bridgehead atoms. The van der Waals surface area contributed by atoms with E-state index >= 15 is 0 Å². The minimum Gasteiger partial charge on any atom is -0.488 e. The van der Waals surface area contributed by atoms with E-state index in [1.54, 1.807) is 6.92 Å². The Bertz CT molecular complexity index is 1570. The van der Waals surface area contributed by atoms with Crippen molar-refractivity contribution in [3.8, 4) is 11.6 Å². The van der Waals surface area contributed by atoms with Gasteiger partial charge in [-0.05, 0) is 49.1 Å². The summed E-state index contributed by atoms with van der Waals surface area (Å²) in [7, 11) is 1.34. The zero-order chi connectivity index (χ0) is 35.9. The molecule has 0 fully saturated rings. The number of aromatic nitrogens is 3. The molecule has 49 heavy (non-hydrogen) atoms. The molecular formula is C31H33F6N5O7. The number of fused-ring (bicyclic) bond motifs is 1.